The molecule has 1 fully saturated rings. The lowest BCUT2D eigenvalue weighted by molar-refractivity contribution is -0.274. The van der Waals surface area contributed by atoms with Gasteiger partial charge in [-0.15, -0.1) is 13.2 Å². The molecule has 304 valence electrons. The first-order valence-corrected chi connectivity index (χ1v) is 19.6. The van der Waals surface area contributed by atoms with Gasteiger partial charge in [-0.05, 0) is 82.1 Å². The van der Waals surface area contributed by atoms with E-state index in [9.17, 15) is 13.2 Å². The van der Waals surface area contributed by atoms with Gasteiger partial charge in [-0.25, -0.2) is 0 Å². The Labute approximate surface area is 343 Å². The van der Waals surface area contributed by atoms with Crippen molar-refractivity contribution in [3.05, 3.63) is 214 Å². The van der Waals surface area contributed by atoms with Gasteiger partial charge in [-0.2, -0.15) is 0 Å². The van der Waals surface area contributed by atoms with Crippen LogP contribution in [-0.4, -0.2) is 31.3 Å². The van der Waals surface area contributed by atoms with Gasteiger partial charge in [0, 0.05) is 5.56 Å². The van der Waals surface area contributed by atoms with Crippen LogP contribution < -0.4 is 9.47 Å². The SMILES string of the molecule is C=C1[C@@H](COCc2ccccc2)O[C@@H](c2cc(Cc3ccc(OC(F)(F)F)cc3)c(C)cc2OCc2ccccc2)[C@H](OCc2ccccc2)[C@H]1OCc1ccccc1. The Morgan fingerprint density at radius 2 is 1.14 bits per heavy atom. The third kappa shape index (κ3) is 11.7. The highest BCUT2D eigenvalue weighted by atomic mass is 19.4. The van der Waals surface area contributed by atoms with Crippen molar-refractivity contribution in [1.29, 1.82) is 0 Å². The molecule has 1 heterocycles. The predicted molar refractivity (Wildman–Crippen MR) is 221 cm³/mol. The van der Waals surface area contributed by atoms with Crippen molar-refractivity contribution in [3.63, 3.8) is 0 Å². The second-order valence-corrected chi connectivity index (χ2v) is 14.6. The number of hydrogen-bond acceptors (Lipinski definition) is 6. The van der Waals surface area contributed by atoms with E-state index in [2.05, 4.69) is 17.4 Å². The highest BCUT2D eigenvalue weighted by Gasteiger charge is 2.45. The minimum absolute atomic E-state index is 0.214. The maximum Gasteiger partial charge on any atom is 0.573 e. The summed E-state index contributed by atoms with van der Waals surface area (Å²) in [6.07, 6.45) is -6.94. The van der Waals surface area contributed by atoms with Crippen LogP contribution in [0.1, 0.15) is 50.6 Å². The molecule has 0 aromatic heterocycles. The van der Waals surface area contributed by atoms with Crippen LogP contribution in [0, 0.1) is 6.92 Å². The quantitative estimate of drug-likeness (QED) is 0.0857. The Morgan fingerprint density at radius 1 is 0.610 bits per heavy atom. The van der Waals surface area contributed by atoms with Crippen molar-refractivity contribution in [1.82, 2.24) is 0 Å². The summed E-state index contributed by atoms with van der Waals surface area (Å²) in [5.74, 6) is 0.334. The fraction of sp³-hybridized carbons (Fsp3) is 0.240. The van der Waals surface area contributed by atoms with E-state index in [-0.39, 0.29) is 19.0 Å². The van der Waals surface area contributed by atoms with Crippen molar-refractivity contribution in [3.8, 4) is 11.5 Å². The summed E-state index contributed by atoms with van der Waals surface area (Å²) >= 11 is 0. The van der Waals surface area contributed by atoms with Crippen LogP contribution in [0.15, 0.2) is 170 Å². The molecule has 59 heavy (non-hydrogen) atoms. The van der Waals surface area contributed by atoms with Crippen molar-refractivity contribution in [2.24, 2.45) is 0 Å². The highest BCUT2D eigenvalue weighted by Crippen LogP contribution is 2.43. The Bertz CT molecular complexity index is 2220. The molecule has 4 atom stereocenters. The first kappa shape index (κ1) is 41.4. The molecular formula is C50H47F3O6. The van der Waals surface area contributed by atoms with Gasteiger partial charge in [0.15, 0.2) is 0 Å². The number of aryl methyl sites for hydroxylation is 1. The maximum atomic E-state index is 12.9. The smallest absolute Gasteiger partial charge is 0.489 e. The molecule has 1 aliphatic rings. The molecule has 1 aliphatic heterocycles. The lowest BCUT2D eigenvalue weighted by Crippen LogP contribution is -2.49. The molecular weight excluding hydrogens is 754 g/mol. The molecule has 0 N–H and O–H groups in total. The van der Waals surface area contributed by atoms with E-state index in [0.717, 1.165) is 44.5 Å². The summed E-state index contributed by atoms with van der Waals surface area (Å²) in [6.45, 7) is 8.03. The van der Waals surface area contributed by atoms with Gasteiger partial charge in [0.05, 0.1) is 26.4 Å². The molecule has 0 aliphatic carbocycles. The number of ether oxygens (including phenoxy) is 6. The molecule has 0 unspecified atom stereocenters. The van der Waals surface area contributed by atoms with Gasteiger partial charge in [0.1, 0.15) is 42.5 Å². The van der Waals surface area contributed by atoms with Crippen molar-refractivity contribution in [2.75, 3.05) is 6.61 Å². The minimum atomic E-state index is -4.78. The Hall–Kier alpha value is -5.71. The average molecular weight is 801 g/mol. The molecule has 1 saturated heterocycles. The highest BCUT2D eigenvalue weighted by molar-refractivity contribution is 5.47. The van der Waals surface area contributed by atoms with Crippen LogP contribution in [0.25, 0.3) is 0 Å². The zero-order valence-corrected chi connectivity index (χ0v) is 32.9. The lowest BCUT2D eigenvalue weighted by atomic mass is 9.87. The summed E-state index contributed by atoms with van der Waals surface area (Å²) in [5.41, 5.74) is 8.12. The van der Waals surface area contributed by atoms with E-state index in [0.29, 0.717) is 37.6 Å². The molecule has 9 heteroatoms. The van der Waals surface area contributed by atoms with Crippen LogP contribution in [0.2, 0.25) is 0 Å². The van der Waals surface area contributed by atoms with Gasteiger partial charge in [0.25, 0.3) is 0 Å². The van der Waals surface area contributed by atoms with Crippen LogP contribution in [-0.2, 0) is 51.8 Å². The summed E-state index contributed by atoms with van der Waals surface area (Å²) in [4.78, 5) is 0. The van der Waals surface area contributed by atoms with E-state index in [1.807, 2.05) is 134 Å². The topological polar surface area (TPSA) is 55.4 Å². The van der Waals surface area contributed by atoms with Crippen molar-refractivity contribution < 1.29 is 41.6 Å². The molecule has 0 saturated carbocycles. The summed E-state index contributed by atoms with van der Waals surface area (Å²) in [6, 6.07) is 49.7. The summed E-state index contributed by atoms with van der Waals surface area (Å²) in [7, 11) is 0. The molecule has 0 radical (unpaired) electrons. The monoisotopic (exact) mass is 800 g/mol. The predicted octanol–water partition coefficient (Wildman–Crippen LogP) is 11.4. The number of benzene rings is 6. The van der Waals surface area contributed by atoms with Gasteiger partial charge in [-0.1, -0.05) is 140 Å². The number of halogens is 3. The largest absolute Gasteiger partial charge is 0.573 e. The Balaban J connectivity index is 1.27. The molecule has 7 rings (SSSR count). The lowest BCUT2D eigenvalue weighted by Gasteiger charge is -2.43. The number of alkyl halides is 3. The van der Waals surface area contributed by atoms with Crippen LogP contribution in [0.3, 0.4) is 0 Å². The third-order valence-corrected chi connectivity index (χ3v) is 10.2. The van der Waals surface area contributed by atoms with E-state index in [1.54, 1.807) is 12.1 Å². The first-order chi connectivity index (χ1) is 28.7. The van der Waals surface area contributed by atoms with Crippen LogP contribution in [0.4, 0.5) is 13.2 Å². The molecule has 0 bridgehead atoms. The molecule has 0 spiro atoms. The van der Waals surface area contributed by atoms with E-state index >= 15 is 0 Å². The molecule has 6 aromatic carbocycles. The zero-order chi connectivity index (χ0) is 41.0. The average Bonchev–Trinajstić information content (AvgIpc) is 3.25. The fourth-order valence-corrected chi connectivity index (χ4v) is 7.10. The second-order valence-electron chi connectivity index (χ2n) is 14.6. The van der Waals surface area contributed by atoms with Crippen molar-refractivity contribution in [2.45, 2.75) is 70.6 Å². The van der Waals surface area contributed by atoms with Gasteiger partial charge < -0.3 is 28.4 Å². The van der Waals surface area contributed by atoms with Crippen LogP contribution >= 0.6 is 0 Å². The van der Waals surface area contributed by atoms with E-state index in [1.165, 1.54) is 12.1 Å². The van der Waals surface area contributed by atoms with Gasteiger partial charge in [0.2, 0.25) is 0 Å². The first-order valence-electron chi connectivity index (χ1n) is 19.6. The van der Waals surface area contributed by atoms with E-state index < -0.39 is 30.8 Å². The fourth-order valence-electron chi connectivity index (χ4n) is 7.10. The molecule has 6 nitrogen and oxygen atoms in total. The van der Waals surface area contributed by atoms with Crippen LogP contribution in [0.5, 0.6) is 11.5 Å². The minimum Gasteiger partial charge on any atom is -0.489 e. The Morgan fingerprint density at radius 3 is 1.69 bits per heavy atom. The summed E-state index contributed by atoms with van der Waals surface area (Å²) in [5, 5.41) is 0. The molecule has 0 amide bonds. The second kappa shape index (κ2) is 19.8. The summed E-state index contributed by atoms with van der Waals surface area (Å²) < 4.78 is 76.6. The number of hydrogen-bond donors (Lipinski definition) is 0. The third-order valence-electron chi connectivity index (χ3n) is 10.2. The standard InChI is InChI=1S/C50H47F3O6/c1-35-27-45(55-31-39-17-9-4-10-18-39)44(29-42(35)28-37-23-25-43(26-24-37)59-50(51,52)53)48-49(57-33-41-21-13-6-14-22-41)47(56-32-40-19-11-5-12-20-40)36(2)46(58-48)34-54-30-38-15-7-3-8-16-38/h3-27,29,46-49H,2,28,30-34H2,1H3/t46-,47+,48+,49-/m1/s1. The molecule has 6 aromatic rings. The van der Waals surface area contributed by atoms with Gasteiger partial charge in [-0.3, -0.25) is 0 Å². The number of rotatable bonds is 17. The normalized spacial score (nSPS) is 18.1. The maximum absolute atomic E-state index is 12.9. The zero-order valence-electron chi connectivity index (χ0n) is 32.9. The van der Waals surface area contributed by atoms with E-state index in [4.69, 9.17) is 23.7 Å². The van der Waals surface area contributed by atoms with Crippen molar-refractivity contribution >= 4 is 0 Å². The van der Waals surface area contributed by atoms with Gasteiger partial charge >= 0.3 is 6.36 Å². The Kier molecular flexibility index (Phi) is 13.9.